The second-order valence-corrected chi connectivity index (χ2v) is 10.2. The molecule has 1 fully saturated rings. The summed E-state index contributed by atoms with van der Waals surface area (Å²) in [7, 11) is -2.05. The highest BCUT2D eigenvalue weighted by Gasteiger charge is 2.28. The van der Waals surface area contributed by atoms with Gasteiger partial charge in [-0.2, -0.15) is 0 Å². The van der Waals surface area contributed by atoms with Crippen LogP contribution in [-0.4, -0.2) is 45.7 Å². The lowest BCUT2D eigenvalue weighted by atomic mass is 9.86. The zero-order chi connectivity index (χ0) is 22.3. The van der Waals surface area contributed by atoms with Crippen molar-refractivity contribution >= 4 is 32.1 Å². The van der Waals surface area contributed by atoms with Gasteiger partial charge in [-0.15, -0.1) is 0 Å². The van der Waals surface area contributed by atoms with Crippen LogP contribution in [0.25, 0.3) is 22.1 Å². The van der Waals surface area contributed by atoms with Gasteiger partial charge >= 0.3 is 0 Å². The molecule has 0 radical (unpaired) electrons. The van der Waals surface area contributed by atoms with Crippen LogP contribution in [0.5, 0.6) is 0 Å². The first kappa shape index (κ1) is 21.1. The number of ether oxygens (including phenoxy) is 1. The van der Waals surface area contributed by atoms with Crippen molar-refractivity contribution in [2.24, 2.45) is 5.92 Å². The number of aliphatic hydroxyl groups is 1. The third-order valence-corrected chi connectivity index (χ3v) is 8.11. The molecule has 8 nitrogen and oxygen atoms in total. The van der Waals surface area contributed by atoms with Crippen molar-refractivity contribution in [3.63, 3.8) is 0 Å². The third-order valence-electron chi connectivity index (χ3n) is 6.43. The lowest BCUT2D eigenvalue weighted by molar-refractivity contribution is 0.119. The van der Waals surface area contributed by atoms with Crippen LogP contribution in [0.15, 0.2) is 53.7 Å². The fourth-order valence-electron chi connectivity index (χ4n) is 4.91. The molecule has 3 aromatic heterocycles. The number of imidazole rings is 1. The molecule has 0 unspecified atom stereocenters. The Hall–Kier alpha value is -2.75. The molecule has 3 heterocycles. The molecule has 1 N–H and O–H groups in total. The van der Waals surface area contributed by atoms with Gasteiger partial charge in [0.05, 0.1) is 16.6 Å². The number of aromatic nitrogens is 4. The Labute approximate surface area is 186 Å². The van der Waals surface area contributed by atoms with Gasteiger partial charge in [0.25, 0.3) is 10.0 Å². The Morgan fingerprint density at radius 3 is 2.56 bits per heavy atom. The zero-order valence-electron chi connectivity index (χ0n) is 17.9. The smallest absolute Gasteiger partial charge is 0.269 e. The largest absolute Gasteiger partial charge is 0.388 e. The lowest BCUT2D eigenvalue weighted by Gasteiger charge is -2.30. The van der Waals surface area contributed by atoms with Crippen LogP contribution in [0.4, 0.5) is 0 Å². The number of aliphatic hydroxyl groups excluding tert-OH is 1. The predicted octanol–water partition coefficient (Wildman–Crippen LogP) is 3.49. The van der Waals surface area contributed by atoms with E-state index < -0.39 is 10.0 Å². The number of pyridine rings is 1. The van der Waals surface area contributed by atoms with Crippen LogP contribution in [-0.2, 0) is 21.4 Å². The number of hydrogen-bond acceptors (Lipinski definition) is 6. The average Bonchev–Trinajstić information content (AvgIpc) is 3.42. The first-order chi connectivity index (χ1) is 15.5. The van der Waals surface area contributed by atoms with Gasteiger partial charge in [-0.05, 0) is 49.8 Å². The zero-order valence-corrected chi connectivity index (χ0v) is 18.7. The summed E-state index contributed by atoms with van der Waals surface area (Å²) in [5.41, 5.74) is 1.85. The van der Waals surface area contributed by atoms with E-state index in [2.05, 4.69) is 14.5 Å². The van der Waals surface area contributed by atoms with Gasteiger partial charge in [-0.25, -0.2) is 22.4 Å². The Bertz CT molecular complexity index is 1350. The second-order valence-electron chi connectivity index (χ2n) is 8.35. The van der Waals surface area contributed by atoms with Gasteiger partial charge in [-0.1, -0.05) is 18.2 Å². The summed E-state index contributed by atoms with van der Waals surface area (Å²) in [6, 6.07) is 10.3. The van der Waals surface area contributed by atoms with Crippen molar-refractivity contribution in [2.45, 2.75) is 43.2 Å². The number of rotatable bonds is 6. The van der Waals surface area contributed by atoms with E-state index in [4.69, 9.17) is 4.74 Å². The van der Waals surface area contributed by atoms with Gasteiger partial charge in [0.1, 0.15) is 17.9 Å². The van der Waals surface area contributed by atoms with E-state index in [1.54, 1.807) is 55.9 Å². The minimum Gasteiger partial charge on any atom is -0.388 e. The Kier molecular flexibility index (Phi) is 5.48. The molecule has 9 heteroatoms. The summed E-state index contributed by atoms with van der Waals surface area (Å²) in [6.07, 6.45) is 7.14. The first-order valence-corrected chi connectivity index (χ1v) is 12.3. The maximum absolute atomic E-state index is 13.2. The van der Waals surface area contributed by atoms with E-state index in [0.29, 0.717) is 28.3 Å². The molecule has 0 saturated heterocycles. The molecular weight excluding hydrogens is 428 g/mol. The number of hydrogen-bond donors (Lipinski definition) is 1. The number of nitrogens with zero attached hydrogens (tertiary/aromatic N) is 4. The molecule has 0 bridgehead atoms. The van der Waals surface area contributed by atoms with Crippen molar-refractivity contribution in [2.75, 3.05) is 13.7 Å². The summed E-state index contributed by atoms with van der Waals surface area (Å²) < 4.78 is 35.1. The summed E-state index contributed by atoms with van der Waals surface area (Å²) >= 11 is 0. The topological polar surface area (TPSA) is 99.2 Å². The van der Waals surface area contributed by atoms with Gasteiger partial charge < -0.3 is 14.4 Å². The molecule has 0 aliphatic heterocycles. The summed E-state index contributed by atoms with van der Waals surface area (Å²) in [5, 5.41) is 10.7. The van der Waals surface area contributed by atoms with Crippen molar-refractivity contribution in [1.82, 2.24) is 18.5 Å². The monoisotopic (exact) mass is 454 g/mol. The minimum atomic E-state index is -3.78. The summed E-state index contributed by atoms with van der Waals surface area (Å²) in [6.45, 7) is 0.579. The fourth-order valence-corrected chi connectivity index (χ4v) is 6.23. The van der Waals surface area contributed by atoms with Crippen LogP contribution >= 0.6 is 0 Å². The molecule has 32 heavy (non-hydrogen) atoms. The van der Waals surface area contributed by atoms with Gasteiger partial charge in [0.15, 0.2) is 5.65 Å². The van der Waals surface area contributed by atoms with Crippen LogP contribution < -0.4 is 0 Å². The number of fused-ring (bicyclic) bond motifs is 3. The molecule has 5 rings (SSSR count). The second kappa shape index (κ2) is 8.31. The minimum absolute atomic E-state index is 0.183. The lowest BCUT2D eigenvalue weighted by Crippen LogP contribution is -2.22. The highest BCUT2D eigenvalue weighted by Crippen LogP contribution is 2.37. The van der Waals surface area contributed by atoms with Crippen molar-refractivity contribution in [1.29, 1.82) is 0 Å². The normalized spacial score (nSPS) is 19.7. The van der Waals surface area contributed by atoms with Crippen LogP contribution in [0.1, 0.15) is 37.5 Å². The highest BCUT2D eigenvalue weighted by molar-refractivity contribution is 7.90. The maximum Gasteiger partial charge on any atom is 0.269 e. The molecule has 0 amide bonds. The van der Waals surface area contributed by atoms with Gasteiger partial charge in [-0.3, -0.25) is 0 Å². The molecule has 1 aliphatic carbocycles. The molecule has 1 aromatic carbocycles. The molecule has 4 aromatic rings. The van der Waals surface area contributed by atoms with Gasteiger partial charge in [0, 0.05) is 31.3 Å². The van der Waals surface area contributed by atoms with Gasteiger partial charge in [0.2, 0.25) is 0 Å². The standard InChI is InChI=1S/C23H26N4O4S/c1-31-15-16-7-9-17(10-8-16)27-21(14-28)25-20-13-24-23-19(22(20)27)11-12-26(23)32(29,30)18-5-3-2-4-6-18/h2-6,11-13,16-17,28H,7-10,14-15H2,1H3. The SMILES string of the molecule is COCC1CCC(n2c(CO)nc3cnc4c(ccn4S(=O)(=O)c4ccccc4)c32)CC1. The first-order valence-electron chi connectivity index (χ1n) is 10.8. The Morgan fingerprint density at radius 2 is 1.88 bits per heavy atom. The molecule has 0 spiro atoms. The fraction of sp³-hybridized carbons (Fsp3) is 0.391. The van der Waals surface area contributed by atoms with Crippen molar-refractivity contribution in [3.8, 4) is 0 Å². The third kappa shape index (κ3) is 3.41. The van der Waals surface area contributed by atoms with E-state index in [1.807, 2.05) is 0 Å². The van der Waals surface area contributed by atoms with E-state index >= 15 is 0 Å². The van der Waals surface area contributed by atoms with E-state index in [0.717, 1.165) is 37.8 Å². The van der Waals surface area contributed by atoms with E-state index in [9.17, 15) is 13.5 Å². The van der Waals surface area contributed by atoms with Crippen molar-refractivity contribution < 1.29 is 18.3 Å². The van der Waals surface area contributed by atoms with E-state index in [-0.39, 0.29) is 17.5 Å². The molecule has 1 saturated carbocycles. The Morgan fingerprint density at radius 1 is 1.12 bits per heavy atom. The maximum atomic E-state index is 13.2. The molecule has 1 aliphatic rings. The highest BCUT2D eigenvalue weighted by atomic mass is 32.2. The molecule has 0 atom stereocenters. The Balaban J connectivity index is 1.64. The number of benzene rings is 1. The summed E-state index contributed by atoms with van der Waals surface area (Å²) in [5.74, 6) is 1.13. The van der Waals surface area contributed by atoms with Crippen LogP contribution in [0.2, 0.25) is 0 Å². The average molecular weight is 455 g/mol. The van der Waals surface area contributed by atoms with Crippen LogP contribution in [0, 0.1) is 5.92 Å². The van der Waals surface area contributed by atoms with Crippen LogP contribution in [0.3, 0.4) is 0 Å². The molecule has 168 valence electrons. The van der Waals surface area contributed by atoms with E-state index in [1.165, 1.54) is 3.97 Å². The summed E-state index contributed by atoms with van der Waals surface area (Å²) in [4.78, 5) is 9.26. The predicted molar refractivity (Wildman–Crippen MR) is 121 cm³/mol. The quantitative estimate of drug-likeness (QED) is 0.479. The molecular formula is C23H26N4O4S. The van der Waals surface area contributed by atoms with Crippen molar-refractivity contribution in [3.05, 3.63) is 54.6 Å². The number of methoxy groups -OCH3 is 1.